The van der Waals surface area contributed by atoms with E-state index in [-0.39, 0.29) is 31.1 Å². The van der Waals surface area contributed by atoms with E-state index < -0.39 is 24.4 Å². The molecule has 0 heterocycles. The Morgan fingerprint density at radius 3 is 2.37 bits per heavy atom. The SMILES string of the molecule is Nc1cc(F)c(OCCCOCC(F)(F)F)cc1F. The monoisotopic (exact) mass is 285 g/mol. The molecule has 0 amide bonds. The molecule has 1 aromatic carbocycles. The molecule has 1 aromatic rings. The first kappa shape index (κ1) is 15.5. The molecule has 0 aromatic heterocycles. The van der Waals surface area contributed by atoms with E-state index in [4.69, 9.17) is 10.5 Å². The van der Waals surface area contributed by atoms with E-state index in [1.807, 2.05) is 0 Å². The standard InChI is InChI=1S/C11H12F5NO2/c12-7-5-10(8(13)4-9(7)17)19-3-1-2-18-6-11(14,15)16/h4-5H,1-3,6,17H2. The van der Waals surface area contributed by atoms with Gasteiger partial charge in [0.25, 0.3) is 0 Å². The van der Waals surface area contributed by atoms with Crippen LogP contribution in [0.1, 0.15) is 6.42 Å². The Balaban J connectivity index is 2.28. The summed E-state index contributed by atoms with van der Waals surface area (Å²) in [6, 6.07) is 1.55. The highest BCUT2D eigenvalue weighted by Crippen LogP contribution is 2.23. The third kappa shape index (κ3) is 5.73. The average molecular weight is 285 g/mol. The average Bonchev–Trinajstić information content (AvgIpc) is 2.28. The lowest BCUT2D eigenvalue weighted by Crippen LogP contribution is -2.18. The lowest BCUT2D eigenvalue weighted by Gasteiger charge is -2.09. The van der Waals surface area contributed by atoms with E-state index in [1.54, 1.807) is 0 Å². The van der Waals surface area contributed by atoms with Gasteiger partial charge in [-0.25, -0.2) is 8.78 Å². The fraction of sp³-hybridized carbons (Fsp3) is 0.455. The van der Waals surface area contributed by atoms with Crippen LogP contribution in [0, 0.1) is 11.6 Å². The van der Waals surface area contributed by atoms with E-state index in [0.29, 0.717) is 0 Å². The van der Waals surface area contributed by atoms with Gasteiger partial charge in [-0.1, -0.05) is 0 Å². The van der Waals surface area contributed by atoms with E-state index in [2.05, 4.69) is 4.74 Å². The van der Waals surface area contributed by atoms with Crippen LogP contribution in [0.25, 0.3) is 0 Å². The van der Waals surface area contributed by atoms with Crippen LogP contribution in [0.4, 0.5) is 27.6 Å². The van der Waals surface area contributed by atoms with Crippen molar-refractivity contribution in [3.05, 3.63) is 23.8 Å². The minimum absolute atomic E-state index is 0.0991. The Labute approximate surface area is 106 Å². The van der Waals surface area contributed by atoms with Crippen LogP contribution in [0.2, 0.25) is 0 Å². The molecule has 0 aliphatic rings. The maximum absolute atomic E-state index is 13.2. The van der Waals surface area contributed by atoms with Gasteiger partial charge in [-0.15, -0.1) is 0 Å². The van der Waals surface area contributed by atoms with Gasteiger partial charge in [0.1, 0.15) is 12.4 Å². The number of anilines is 1. The number of benzene rings is 1. The van der Waals surface area contributed by atoms with Crippen LogP contribution >= 0.6 is 0 Å². The molecule has 3 nitrogen and oxygen atoms in total. The van der Waals surface area contributed by atoms with E-state index in [0.717, 1.165) is 12.1 Å². The van der Waals surface area contributed by atoms with Crippen LogP contribution in [-0.2, 0) is 4.74 Å². The fourth-order valence-electron chi connectivity index (χ4n) is 1.19. The molecular weight excluding hydrogens is 273 g/mol. The number of rotatable bonds is 6. The maximum atomic E-state index is 13.2. The second-order valence-electron chi connectivity index (χ2n) is 3.67. The molecule has 0 aliphatic carbocycles. The summed E-state index contributed by atoms with van der Waals surface area (Å²) in [5.41, 5.74) is 4.78. The molecule has 0 atom stereocenters. The summed E-state index contributed by atoms with van der Waals surface area (Å²) < 4.78 is 70.5. The summed E-state index contributed by atoms with van der Waals surface area (Å²) in [4.78, 5) is 0. The molecule has 0 spiro atoms. The van der Waals surface area contributed by atoms with Crippen LogP contribution < -0.4 is 10.5 Å². The zero-order valence-corrected chi connectivity index (χ0v) is 9.77. The first-order valence-electron chi connectivity index (χ1n) is 5.31. The van der Waals surface area contributed by atoms with Crippen molar-refractivity contribution in [3.8, 4) is 5.75 Å². The molecule has 2 N–H and O–H groups in total. The molecule has 0 aliphatic heterocycles. The van der Waals surface area contributed by atoms with Gasteiger partial charge in [0.15, 0.2) is 11.6 Å². The highest BCUT2D eigenvalue weighted by molar-refractivity contribution is 5.44. The van der Waals surface area contributed by atoms with Gasteiger partial charge in [-0.2, -0.15) is 13.2 Å². The Morgan fingerprint density at radius 1 is 1.05 bits per heavy atom. The first-order chi connectivity index (χ1) is 8.79. The highest BCUT2D eigenvalue weighted by Gasteiger charge is 2.27. The summed E-state index contributed by atoms with van der Waals surface area (Å²) in [6.45, 7) is -1.64. The van der Waals surface area contributed by atoms with Crippen LogP contribution in [0.3, 0.4) is 0 Å². The lowest BCUT2D eigenvalue weighted by atomic mass is 10.3. The molecular formula is C11H12F5NO2. The zero-order valence-electron chi connectivity index (χ0n) is 9.77. The minimum Gasteiger partial charge on any atom is -0.490 e. The van der Waals surface area contributed by atoms with Gasteiger partial charge in [0, 0.05) is 18.6 Å². The van der Waals surface area contributed by atoms with Crippen molar-refractivity contribution in [2.75, 3.05) is 25.6 Å². The molecule has 0 bridgehead atoms. The number of halogens is 5. The predicted molar refractivity (Wildman–Crippen MR) is 57.8 cm³/mol. The molecule has 19 heavy (non-hydrogen) atoms. The molecule has 0 unspecified atom stereocenters. The van der Waals surface area contributed by atoms with Gasteiger partial charge in [0.2, 0.25) is 0 Å². The number of ether oxygens (including phenoxy) is 2. The van der Waals surface area contributed by atoms with Crippen molar-refractivity contribution in [1.29, 1.82) is 0 Å². The van der Waals surface area contributed by atoms with Crippen molar-refractivity contribution in [2.24, 2.45) is 0 Å². The Bertz CT molecular complexity index is 422. The van der Waals surface area contributed by atoms with Crippen molar-refractivity contribution in [2.45, 2.75) is 12.6 Å². The van der Waals surface area contributed by atoms with Crippen LogP contribution in [0.5, 0.6) is 5.75 Å². The van der Waals surface area contributed by atoms with Crippen molar-refractivity contribution < 1.29 is 31.4 Å². The van der Waals surface area contributed by atoms with Gasteiger partial charge in [-0.05, 0) is 0 Å². The molecule has 0 saturated heterocycles. The van der Waals surface area contributed by atoms with E-state index in [1.165, 1.54) is 0 Å². The summed E-state index contributed by atoms with van der Waals surface area (Å²) in [6.07, 6.45) is -4.27. The van der Waals surface area contributed by atoms with E-state index in [9.17, 15) is 22.0 Å². The summed E-state index contributed by atoms with van der Waals surface area (Å²) in [5, 5.41) is 0. The lowest BCUT2D eigenvalue weighted by molar-refractivity contribution is -0.174. The normalized spacial score (nSPS) is 11.6. The largest absolute Gasteiger partial charge is 0.490 e. The number of hydrogen-bond donors (Lipinski definition) is 1. The van der Waals surface area contributed by atoms with Gasteiger partial charge in [0.05, 0.1) is 18.9 Å². The molecule has 8 heteroatoms. The summed E-state index contributed by atoms with van der Waals surface area (Å²) in [5.74, 6) is -2.01. The second-order valence-corrected chi connectivity index (χ2v) is 3.67. The number of nitrogen functional groups attached to an aromatic ring is 1. The van der Waals surface area contributed by atoms with Crippen molar-refractivity contribution in [1.82, 2.24) is 0 Å². The van der Waals surface area contributed by atoms with Gasteiger partial charge >= 0.3 is 6.18 Å². The number of nitrogens with two attached hydrogens (primary N) is 1. The summed E-state index contributed by atoms with van der Waals surface area (Å²) >= 11 is 0. The summed E-state index contributed by atoms with van der Waals surface area (Å²) in [7, 11) is 0. The molecule has 0 saturated carbocycles. The third-order valence-corrected chi connectivity index (χ3v) is 2.01. The molecule has 108 valence electrons. The smallest absolute Gasteiger partial charge is 0.411 e. The minimum atomic E-state index is -4.38. The number of alkyl halides is 3. The highest BCUT2D eigenvalue weighted by atomic mass is 19.4. The molecule has 1 rings (SSSR count). The Kier molecular flexibility index (Phi) is 5.34. The second kappa shape index (κ2) is 6.55. The van der Waals surface area contributed by atoms with Gasteiger partial charge in [-0.3, -0.25) is 0 Å². The van der Waals surface area contributed by atoms with Crippen molar-refractivity contribution >= 4 is 5.69 Å². The quantitative estimate of drug-likeness (QED) is 0.496. The molecule has 0 radical (unpaired) electrons. The molecule has 0 fully saturated rings. The zero-order chi connectivity index (χ0) is 14.5. The predicted octanol–water partition coefficient (Wildman–Crippen LogP) is 2.89. The van der Waals surface area contributed by atoms with E-state index >= 15 is 0 Å². The van der Waals surface area contributed by atoms with Crippen LogP contribution in [0.15, 0.2) is 12.1 Å². The Morgan fingerprint density at radius 2 is 1.74 bits per heavy atom. The Hall–Kier alpha value is -1.57. The fourth-order valence-corrected chi connectivity index (χ4v) is 1.19. The van der Waals surface area contributed by atoms with Gasteiger partial charge < -0.3 is 15.2 Å². The maximum Gasteiger partial charge on any atom is 0.411 e. The first-order valence-corrected chi connectivity index (χ1v) is 5.31. The van der Waals surface area contributed by atoms with Crippen molar-refractivity contribution in [3.63, 3.8) is 0 Å². The number of hydrogen-bond acceptors (Lipinski definition) is 3. The third-order valence-electron chi connectivity index (χ3n) is 2.01. The van der Waals surface area contributed by atoms with Crippen LogP contribution in [-0.4, -0.2) is 26.0 Å². The topological polar surface area (TPSA) is 44.5 Å².